The second-order valence-electron chi connectivity index (χ2n) is 3.92. The lowest BCUT2D eigenvalue weighted by atomic mass is 10.3. The molecule has 5 nitrogen and oxygen atoms in total. The van der Waals surface area contributed by atoms with Crippen LogP contribution in [0.2, 0.25) is 5.02 Å². The molecular formula is C13H9ClN4O. The molecule has 1 amide bonds. The molecule has 0 fully saturated rings. The first kappa shape index (κ1) is 11.7. The second-order valence-corrected chi connectivity index (χ2v) is 4.35. The van der Waals surface area contributed by atoms with E-state index in [-0.39, 0.29) is 11.6 Å². The van der Waals surface area contributed by atoms with Crippen molar-refractivity contribution in [3.05, 3.63) is 53.3 Å². The van der Waals surface area contributed by atoms with Crippen molar-refractivity contribution in [1.29, 1.82) is 0 Å². The molecule has 94 valence electrons. The molecule has 0 aliphatic rings. The van der Waals surface area contributed by atoms with Crippen LogP contribution in [0.1, 0.15) is 10.5 Å². The van der Waals surface area contributed by atoms with Crippen LogP contribution in [-0.4, -0.2) is 20.9 Å². The van der Waals surface area contributed by atoms with Crippen LogP contribution in [0.25, 0.3) is 11.0 Å². The molecule has 0 spiro atoms. The fourth-order valence-corrected chi connectivity index (χ4v) is 1.81. The molecule has 0 saturated heterocycles. The van der Waals surface area contributed by atoms with Gasteiger partial charge in [-0.15, -0.1) is 0 Å². The molecule has 2 aromatic heterocycles. The van der Waals surface area contributed by atoms with E-state index >= 15 is 0 Å². The Bertz CT molecular complexity index is 703. The molecule has 1 aromatic carbocycles. The zero-order valence-corrected chi connectivity index (χ0v) is 10.5. The van der Waals surface area contributed by atoms with Gasteiger partial charge in [0.1, 0.15) is 5.69 Å². The first-order chi connectivity index (χ1) is 9.22. The molecule has 3 aromatic rings. The molecule has 0 saturated carbocycles. The normalized spacial score (nSPS) is 10.6. The number of rotatable bonds is 2. The van der Waals surface area contributed by atoms with Gasteiger partial charge in [0.2, 0.25) is 5.95 Å². The molecule has 0 aliphatic carbocycles. The largest absolute Gasteiger partial charge is 0.324 e. The number of halogens is 1. The maximum Gasteiger partial charge on any atom is 0.276 e. The van der Waals surface area contributed by atoms with Gasteiger partial charge >= 0.3 is 0 Å². The van der Waals surface area contributed by atoms with Crippen LogP contribution in [0, 0.1) is 0 Å². The summed E-state index contributed by atoms with van der Waals surface area (Å²) < 4.78 is 0. The highest BCUT2D eigenvalue weighted by Crippen LogP contribution is 2.14. The van der Waals surface area contributed by atoms with Crippen molar-refractivity contribution in [3.8, 4) is 0 Å². The summed E-state index contributed by atoms with van der Waals surface area (Å²) >= 11 is 5.72. The number of benzene rings is 1. The van der Waals surface area contributed by atoms with E-state index in [1.807, 2.05) is 24.3 Å². The number of nitrogens with one attached hydrogen (secondary N) is 2. The third-order valence-corrected chi connectivity index (χ3v) is 2.80. The van der Waals surface area contributed by atoms with Crippen molar-refractivity contribution >= 4 is 34.5 Å². The van der Waals surface area contributed by atoms with Gasteiger partial charge in [-0.05, 0) is 24.3 Å². The number of imidazole rings is 1. The highest BCUT2D eigenvalue weighted by atomic mass is 35.5. The number of para-hydroxylation sites is 2. The number of hydrogen-bond donors (Lipinski definition) is 2. The fraction of sp³-hybridized carbons (Fsp3) is 0. The Hall–Kier alpha value is -2.40. The summed E-state index contributed by atoms with van der Waals surface area (Å²) in [6, 6.07) is 10.7. The SMILES string of the molecule is O=C(Nc1nc2ccccc2[nH]1)c1ccc(Cl)cn1. The average Bonchev–Trinajstić information content (AvgIpc) is 2.81. The molecule has 2 N–H and O–H groups in total. The van der Waals surface area contributed by atoms with Crippen molar-refractivity contribution in [2.24, 2.45) is 0 Å². The van der Waals surface area contributed by atoms with Crippen molar-refractivity contribution in [2.75, 3.05) is 5.32 Å². The van der Waals surface area contributed by atoms with Crippen molar-refractivity contribution in [3.63, 3.8) is 0 Å². The van der Waals surface area contributed by atoms with Crippen molar-refractivity contribution in [1.82, 2.24) is 15.0 Å². The number of carbonyl (C=O) groups excluding carboxylic acids is 1. The predicted octanol–water partition coefficient (Wildman–Crippen LogP) is 2.86. The minimum Gasteiger partial charge on any atom is -0.324 e. The summed E-state index contributed by atoms with van der Waals surface area (Å²) in [7, 11) is 0. The minimum atomic E-state index is -0.337. The highest BCUT2D eigenvalue weighted by molar-refractivity contribution is 6.30. The Kier molecular flexibility index (Phi) is 2.89. The number of H-pyrrole nitrogens is 1. The van der Waals surface area contributed by atoms with Crippen LogP contribution in [0.5, 0.6) is 0 Å². The molecule has 0 bridgehead atoms. The monoisotopic (exact) mass is 272 g/mol. The Balaban J connectivity index is 1.84. The summed E-state index contributed by atoms with van der Waals surface area (Å²) in [6.07, 6.45) is 1.43. The molecule has 19 heavy (non-hydrogen) atoms. The van der Waals surface area contributed by atoms with E-state index in [1.54, 1.807) is 12.1 Å². The van der Waals surface area contributed by atoms with Gasteiger partial charge in [-0.1, -0.05) is 23.7 Å². The van der Waals surface area contributed by atoms with Crippen LogP contribution in [0.3, 0.4) is 0 Å². The summed E-state index contributed by atoms with van der Waals surface area (Å²) in [5.41, 5.74) is 1.94. The maximum absolute atomic E-state index is 11.9. The number of aromatic amines is 1. The lowest BCUT2D eigenvalue weighted by molar-refractivity contribution is 0.102. The predicted molar refractivity (Wildman–Crippen MR) is 73.3 cm³/mol. The van der Waals surface area contributed by atoms with Gasteiger partial charge in [0.25, 0.3) is 5.91 Å². The standard InChI is InChI=1S/C13H9ClN4O/c14-8-5-6-11(15-7-8)12(19)18-13-16-9-3-1-2-4-10(9)17-13/h1-7H,(H2,16,17,18,19). The van der Waals surface area contributed by atoms with E-state index in [4.69, 9.17) is 11.6 Å². The lowest BCUT2D eigenvalue weighted by Crippen LogP contribution is -2.14. The number of carbonyl (C=O) groups is 1. The van der Waals surface area contributed by atoms with E-state index < -0.39 is 0 Å². The lowest BCUT2D eigenvalue weighted by Gasteiger charge is -2.00. The molecule has 0 aliphatic heterocycles. The van der Waals surface area contributed by atoms with Gasteiger partial charge < -0.3 is 4.98 Å². The van der Waals surface area contributed by atoms with Crippen LogP contribution in [0.4, 0.5) is 5.95 Å². The number of pyridine rings is 1. The van der Waals surface area contributed by atoms with Crippen molar-refractivity contribution < 1.29 is 4.79 Å². The van der Waals surface area contributed by atoms with Crippen LogP contribution >= 0.6 is 11.6 Å². The van der Waals surface area contributed by atoms with Gasteiger partial charge in [-0.3, -0.25) is 10.1 Å². The van der Waals surface area contributed by atoms with Crippen molar-refractivity contribution in [2.45, 2.75) is 0 Å². The summed E-state index contributed by atoms with van der Waals surface area (Å²) in [4.78, 5) is 23.1. The zero-order chi connectivity index (χ0) is 13.2. The third-order valence-electron chi connectivity index (χ3n) is 2.58. The average molecular weight is 273 g/mol. The molecule has 6 heteroatoms. The van der Waals surface area contributed by atoms with E-state index in [0.29, 0.717) is 11.0 Å². The molecule has 3 rings (SSSR count). The highest BCUT2D eigenvalue weighted by Gasteiger charge is 2.10. The Morgan fingerprint density at radius 2 is 2.05 bits per heavy atom. The quantitative estimate of drug-likeness (QED) is 0.753. The molecule has 0 radical (unpaired) electrons. The smallest absolute Gasteiger partial charge is 0.276 e. The first-order valence-corrected chi connectivity index (χ1v) is 5.98. The van der Waals surface area contributed by atoms with Crippen LogP contribution in [0.15, 0.2) is 42.6 Å². The maximum atomic E-state index is 11.9. The number of fused-ring (bicyclic) bond motifs is 1. The molecular weight excluding hydrogens is 264 g/mol. The van der Waals surface area contributed by atoms with Gasteiger partial charge in [0, 0.05) is 6.20 Å². The Morgan fingerprint density at radius 1 is 1.21 bits per heavy atom. The first-order valence-electron chi connectivity index (χ1n) is 5.60. The number of nitrogens with zero attached hydrogens (tertiary/aromatic N) is 2. The van der Waals surface area contributed by atoms with Crippen LogP contribution in [-0.2, 0) is 0 Å². The van der Waals surface area contributed by atoms with Gasteiger partial charge in [-0.2, -0.15) is 0 Å². The summed E-state index contributed by atoms with van der Waals surface area (Å²) in [5.74, 6) is 0.0543. The fourth-order valence-electron chi connectivity index (χ4n) is 1.69. The number of anilines is 1. The van der Waals surface area contributed by atoms with E-state index in [1.165, 1.54) is 6.20 Å². The summed E-state index contributed by atoms with van der Waals surface area (Å²) in [5, 5.41) is 3.14. The van der Waals surface area contributed by atoms with Gasteiger partial charge in [0.15, 0.2) is 0 Å². The third kappa shape index (κ3) is 2.41. The molecule has 0 atom stereocenters. The molecule has 2 heterocycles. The van der Waals surface area contributed by atoms with E-state index in [9.17, 15) is 4.79 Å². The van der Waals surface area contributed by atoms with E-state index in [2.05, 4.69) is 20.3 Å². The number of aromatic nitrogens is 3. The second kappa shape index (κ2) is 4.70. The van der Waals surface area contributed by atoms with Crippen LogP contribution < -0.4 is 5.32 Å². The minimum absolute atomic E-state index is 0.282. The zero-order valence-electron chi connectivity index (χ0n) is 9.72. The molecule has 0 unspecified atom stereocenters. The Labute approximate surface area is 113 Å². The number of amides is 1. The van der Waals surface area contributed by atoms with E-state index in [0.717, 1.165) is 11.0 Å². The topological polar surface area (TPSA) is 70.7 Å². The van der Waals surface area contributed by atoms with Gasteiger partial charge in [-0.25, -0.2) is 9.97 Å². The summed E-state index contributed by atoms with van der Waals surface area (Å²) in [6.45, 7) is 0. The number of hydrogen-bond acceptors (Lipinski definition) is 3. The van der Waals surface area contributed by atoms with Gasteiger partial charge in [0.05, 0.1) is 16.1 Å². The Morgan fingerprint density at radius 3 is 2.79 bits per heavy atom.